The summed E-state index contributed by atoms with van der Waals surface area (Å²) in [5.41, 5.74) is 0.542. The number of ether oxygens (including phenoxy) is 1. The zero-order valence-corrected chi connectivity index (χ0v) is 16.9. The molecule has 0 saturated heterocycles. The fraction of sp³-hybridized carbons (Fsp3) is 0.286. The van der Waals surface area contributed by atoms with Gasteiger partial charge in [0.05, 0.1) is 30.2 Å². The molecule has 0 aliphatic carbocycles. The second-order valence-corrected chi connectivity index (χ2v) is 6.87. The zero-order chi connectivity index (χ0) is 21.4. The summed E-state index contributed by atoms with van der Waals surface area (Å²) >= 11 is 5.88. The summed E-state index contributed by atoms with van der Waals surface area (Å²) in [5.74, 6) is -2.99. The predicted octanol–water partition coefficient (Wildman–Crippen LogP) is 3.05. The number of nitrogens with one attached hydrogen (secondary N) is 1. The van der Waals surface area contributed by atoms with Crippen LogP contribution in [0.3, 0.4) is 0 Å². The number of rotatable bonds is 8. The van der Waals surface area contributed by atoms with E-state index in [1.807, 2.05) is 30.3 Å². The van der Waals surface area contributed by atoms with Gasteiger partial charge in [-0.2, -0.15) is 0 Å². The summed E-state index contributed by atoms with van der Waals surface area (Å²) in [6, 6.07) is 13.1. The lowest BCUT2D eigenvalue weighted by Crippen LogP contribution is -2.43. The number of amides is 2. The van der Waals surface area contributed by atoms with Gasteiger partial charge in [0.15, 0.2) is 0 Å². The lowest BCUT2D eigenvalue weighted by Gasteiger charge is -2.25. The molecule has 8 heteroatoms. The number of methoxy groups -OCH3 is 1. The SMILES string of the molecule is COC(=O)C(C)CN(Cc1ccccc1)C(=O)CNC(=O)c1c(F)cccc1Cl. The largest absolute Gasteiger partial charge is 0.469 e. The first-order valence-electron chi connectivity index (χ1n) is 8.95. The van der Waals surface area contributed by atoms with Gasteiger partial charge >= 0.3 is 5.97 Å². The van der Waals surface area contributed by atoms with Gasteiger partial charge in [-0.25, -0.2) is 4.39 Å². The van der Waals surface area contributed by atoms with Crippen LogP contribution in [-0.2, 0) is 20.9 Å². The molecule has 0 aromatic heterocycles. The third kappa shape index (κ3) is 6.29. The van der Waals surface area contributed by atoms with Crippen molar-refractivity contribution in [2.45, 2.75) is 13.5 Å². The minimum atomic E-state index is -0.790. The van der Waals surface area contributed by atoms with E-state index in [-0.39, 0.29) is 30.2 Å². The van der Waals surface area contributed by atoms with Gasteiger partial charge < -0.3 is 15.0 Å². The van der Waals surface area contributed by atoms with Gasteiger partial charge in [-0.15, -0.1) is 0 Å². The molecule has 0 bridgehead atoms. The Bertz CT molecular complexity index is 856. The summed E-state index contributed by atoms with van der Waals surface area (Å²) in [6.45, 7) is 1.63. The zero-order valence-electron chi connectivity index (χ0n) is 16.2. The second kappa shape index (κ2) is 10.6. The van der Waals surface area contributed by atoms with Crippen molar-refractivity contribution in [3.05, 3.63) is 70.5 Å². The molecule has 0 aliphatic heterocycles. The van der Waals surface area contributed by atoms with E-state index < -0.39 is 29.5 Å². The third-order valence-corrected chi connectivity index (χ3v) is 4.57. The van der Waals surface area contributed by atoms with E-state index in [9.17, 15) is 18.8 Å². The summed E-state index contributed by atoms with van der Waals surface area (Å²) in [5, 5.41) is 2.35. The van der Waals surface area contributed by atoms with Crippen molar-refractivity contribution in [3.63, 3.8) is 0 Å². The molecule has 1 unspecified atom stereocenters. The maximum atomic E-state index is 13.9. The Morgan fingerprint density at radius 2 is 1.83 bits per heavy atom. The molecule has 6 nitrogen and oxygen atoms in total. The number of nitrogens with zero attached hydrogens (tertiary/aromatic N) is 1. The van der Waals surface area contributed by atoms with Crippen molar-refractivity contribution in [2.75, 3.05) is 20.2 Å². The summed E-state index contributed by atoms with van der Waals surface area (Å²) < 4.78 is 18.6. The summed E-state index contributed by atoms with van der Waals surface area (Å²) in [6.07, 6.45) is 0. The second-order valence-electron chi connectivity index (χ2n) is 6.46. The average molecular weight is 421 g/mol. The summed E-state index contributed by atoms with van der Waals surface area (Å²) in [7, 11) is 1.28. The lowest BCUT2D eigenvalue weighted by molar-refractivity contribution is -0.146. The van der Waals surface area contributed by atoms with Gasteiger partial charge in [-0.05, 0) is 17.7 Å². The van der Waals surface area contributed by atoms with Gasteiger partial charge in [0.2, 0.25) is 5.91 Å². The normalized spacial score (nSPS) is 11.4. The Morgan fingerprint density at radius 1 is 1.14 bits per heavy atom. The Labute approximate surface area is 173 Å². The first kappa shape index (κ1) is 22.4. The van der Waals surface area contributed by atoms with Gasteiger partial charge in [0.25, 0.3) is 5.91 Å². The molecule has 1 N–H and O–H groups in total. The molecular weight excluding hydrogens is 399 g/mol. The molecule has 0 aliphatic rings. The molecule has 2 aromatic rings. The minimum absolute atomic E-state index is 0.0459. The first-order chi connectivity index (χ1) is 13.8. The predicted molar refractivity (Wildman–Crippen MR) is 107 cm³/mol. The van der Waals surface area contributed by atoms with Crippen LogP contribution in [0.25, 0.3) is 0 Å². The number of hydrogen-bond donors (Lipinski definition) is 1. The third-order valence-electron chi connectivity index (χ3n) is 4.26. The van der Waals surface area contributed by atoms with Crippen molar-refractivity contribution >= 4 is 29.4 Å². The van der Waals surface area contributed by atoms with Gasteiger partial charge in [0, 0.05) is 13.1 Å². The van der Waals surface area contributed by atoms with Crippen LogP contribution in [-0.4, -0.2) is 42.9 Å². The smallest absolute Gasteiger partial charge is 0.310 e. The number of carbonyl (C=O) groups is 3. The van der Waals surface area contributed by atoms with Crippen molar-refractivity contribution in [1.29, 1.82) is 0 Å². The number of halogens is 2. The van der Waals surface area contributed by atoms with E-state index in [0.29, 0.717) is 0 Å². The number of hydrogen-bond acceptors (Lipinski definition) is 4. The van der Waals surface area contributed by atoms with Gasteiger partial charge in [0.1, 0.15) is 5.82 Å². The van der Waals surface area contributed by atoms with Crippen LogP contribution >= 0.6 is 11.6 Å². The standard InChI is InChI=1S/C21H22ClFN2O4/c1-14(21(28)29-2)12-25(13-15-7-4-3-5-8-15)18(26)11-24-20(27)19-16(22)9-6-10-17(19)23/h3-10,14H,11-13H2,1-2H3,(H,24,27). The molecular formula is C21H22ClFN2O4. The topological polar surface area (TPSA) is 75.7 Å². The highest BCUT2D eigenvalue weighted by atomic mass is 35.5. The molecule has 154 valence electrons. The fourth-order valence-corrected chi connectivity index (χ4v) is 2.98. The van der Waals surface area contributed by atoms with Crippen LogP contribution in [0.1, 0.15) is 22.8 Å². The summed E-state index contributed by atoms with van der Waals surface area (Å²) in [4.78, 5) is 38.2. The van der Waals surface area contributed by atoms with Crippen LogP contribution in [0, 0.1) is 11.7 Å². The van der Waals surface area contributed by atoms with E-state index in [2.05, 4.69) is 5.32 Å². The number of esters is 1. The molecule has 29 heavy (non-hydrogen) atoms. The molecule has 0 spiro atoms. The molecule has 2 aromatic carbocycles. The Hall–Kier alpha value is -2.93. The highest BCUT2D eigenvalue weighted by molar-refractivity contribution is 6.33. The Kier molecular flexibility index (Phi) is 8.15. The Balaban J connectivity index is 2.09. The van der Waals surface area contributed by atoms with Crippen molar-refractivity contribution in [2.24, 2.45) is 5.92 Å². The average Bonchev–Trinajstić information content (AvgIpc) is 2.71. The number of carbonyl (C=O) groups excluding carboxylic acids is 3. The quantitative estimate of drug-likeness (QED) is 0.666. The van der Waals surface area contributed by atoms with Gasteiger partial charge in [-0.1, -0.05) is 54.9 Å². The maximum absolute atomic E-state index is 13.9. The lowest BCUT2D eigenvalue weighted by atomic mass is 10.1. The van der Waals surface area contributed by atoms with Crippen LogP contribution in [0.2, 0.25) is 5.02 Å². The molecule has 0 saturated carbocycles. The minimum Gasteiger partial charge on any atom is -0.469 e. The Morgan fingerprint density at radius 3 is 2.45 bits per heavy atom. The van der Waals surface area contributed by atoms with Crippen molar-refractivity contribution in [3.8, 4) is 0 Å². The van der Waals surface area contributed by atoms with E-state index in [0.717, 1.165) is 11.6 Å². The van der Waals surface area contributed by atoms with E-state index >= 15 is 0 Å². The van der Waals surface area contributed by atoms with Gasteiger partial charge in [-0.3, -0.25) is 14.4 Å². The molecule has 2 rings (SSSR count). The van der Waals surface area contributed by atoms with E-state index in [4.69, 9.17) is 16.3 Å². The fourth-order valence-electron chi connectivity index (χ4n) is 2.74. The van der Waals surface area contributed by atoms with E-state index in [1.54, 1.807) is 6.92 Å². The highest BCUT2D eigenvalue weighted by Gasteiger charge is 2.23. The molecule has 0 radical (unpaired) electrons. The highest BCUT2D eigenvalue weighted by Crippen LogP contribution is 2.18. The van der Waals surface area contributed by atoms with Crippen LogP contribution < -0.4 is 5.32 Å². The molecule has 2 amide bonds. The van der Waals surface area contributed by atoms with Crippen LogP contribution in [0.4, 0.5) is 4.39 Å². The first-order valence-corrected chi connectivity index (χ1v) is 9.33. The number of benzene rings is 2. The maximum Gasteiger partial charge on any atom is 0.310 e. The van der Waals surface area contributed by atoms with Crippen LogP contribution in [0.5, 0.6) is 0 Å². The van der Waals surface area contributed by atoms with E-state index in [1.165, 1.54) is 24.1 Å². The molecule has 0 fully saturated rings. The molecule has 0 heterocycles. The monoisotopic (exact) mass is 420 g/mol. The van der Waals surface area contributed by atoms with Crippen molar-refractivity contribution < 1.29 is 23.5 Å². The molecule has 1 atom stereocenters. The van der Waals surface area contributed by atoms with Crippen molar-refractivity contribution in [1.82, 2.24) is 10.2 Å². The van der Waals surface area contributed by atoms with Crippen LogP contribution in [0.15, 0.2) is 48.5 Å².